The van der Waals surface area contributed by atoms with Crippen molar-refractivity contribution in [2.24, 2.45) is 7.05 Å². The van der Waals surface area contributed by atoms with Crippen LogP contribution in [0.2, 0.25) is 0 Å². The summed E-state index contributed by atoms with van der Waals surface area (Å²) in [4.78, 5) is 11.9. The highest BCUT2D eigenvalue weighted by Gasteiger charge is 2.14. The van der Waals surface area contributed by atoms with E-state index in [0.29, 0.717) is 10.6 Å². The standard InChI is InChI=1S/C13H16BrN5O3S2/c1-19-11(17-18-13(19)23)8-15-12(20)6-7-16-24(21,22)10-4-2-9(14)3-5-10/h2-5,16H,6-8H2,1H3,(H,15,20)(H,18,23). The van der Waals surface area contributed by atoms with E-state index in [0.717, 1.165) is 4.47 Å². The third-order valence-electron chi connectivity index (χ3n) is 3.18. The molecule has 1 aromatic heterocycles. The second-order valence-electron chi connectivity index (χ2n) is 4.88. The summed E-state index contributed by atoms with van der Waals surface area (Å²) < 4.78 is 29.4. The molecule has 0 aliphatic heterocycles. The minimum absolute atomic E-state index is 0.00318. The monoisotopic (exact) mass is 433 g/mol. The first kappa shape index (κ1) is 18.8. The lowest BCUT2D eigenvalue weighted by Gasteiger charge is -2.07. The van der Waals surface area contributed by atoms with E-state index in [9.17, 15) is 13.2 Å². The predicted octanol–water partition coefficient (Wildman–Crippen LogP) is 1.22. The number of aromatic amines is 1. The fourth-order valence-corrected chi connectivity index (χ4v) is 3.25. The topological polar surface area (TPSA) is 109 Å². The van der Waals surface area contributed by atoms with Crippen LogP contribution in [-0.4, -0.2) is 35.6 Å². The Bertz CT molecular complexity index is 874. The number of nitrogens with one attached hydrogen (secondary N) is 3. The number of carbonyl (C=O) groups is 1. The van der Waals surface area contributed by atoms with Gasteiger partial charge in [0.05, 0.1) is 11.4 Å². The van der Waals surface area contributed by atoms with Gasteiger partial charge in [0.25, 0.3) is 0 Å². The first-order valence-corrected chi connectivity index (χ1v) is 9.60. The van der Waals surface area contributed by atoms with Gasteiger partial charge in [-0.25, -0.2) is 13.1 Å². The number of hydrogen-bond acceptors (Lipinski definition) is 5. The highest BCUT2D eigenvalue weighted by molar-refractivity contribution is 9.10. The maximum absolute atomic E-state index is 12.1. The van der Waals surface area contributed by atoms with Gasteiger partial charge >= 0.3 is 0 Å². The molecule has 2 rings (SSSR count). The number of benzene rings is 1. The number of halogens is 1. The number of rotatable bonds is 7. The van der Waals surface area contributed by atoms with Crippen molar-refractivity contribution >= 4 is 44.1 Å². The van der Waals surface area contributed by atoms with Crippen molar-refractivity contribution in [2.75, 3.05) is 6.54 Å². The number of carbonyl (C=O) groups excluding carboxylic acids is 1. The average molecular weight is 434 g/mol. The van der Waals surface area contributed by atoms with Crippen molar-refractivity contribution in [3.05, 3.63) is 39.3 Å². The molecule has 0 saturated heterocycles. The zero-order valence-corrected chi connectivity index (χ0v) is 16.0. The Morgan fingerprint density at radius 2 is 2.04 bits per heavy atom. The molecule has 1 heterocycles. The van der Waals surface area contributed by atoms with Gasteiger partial charge in [-0.1, -0.05) is 15.9 Å². The van der Waals surface area contributed by atoms with E-state index in [4.69, 9.17) is 12.2 Å². The Hall–Kier alpha value is -1.56. The van der Waals surface area contributed by atoms with Gasteiger partial charge in [-0.05, 0) is 36.5 Å². The number of aromatic nitrogens is 3. The maximum Gasteiger partial charge on any atom is 0.240 e. The van der Waals surface area contributed by atoms with Crippen LogP contribution in [0.1, 0.15) is 12.2 Å². The number of sulfonamides is 1. The van der Waals surface area contributed by atoms with Crippen LogP contribution >= 0.6 is 28.1 Å². The molecule has 0 bridgehead atoms. The molecule has 24 heavy (non-hydrogen) atoms. The molecule has 1 amide bonds. The van der Waals surface area contributed by atoms with Gasteiger partial charge < -0.3 is 9.88 Å². The van der Waals surface area contributed by atoms with Crippen LogP contribution in [0.25, 0.3) is 0 Å². The number of amides is 1. The smallest absolute Gasteiger partial charge is 0.240 e. The van der Waals surface area contributed by atoms with Gasteiger partial charge in [0.2, 0.25) is 15.9 Å². The quantitative estimate of drug-likeness (QED) is 0.568. The van der Waals surface area contributed by atoms with Crippen LogP contribution in [0, 0.1) is 4.77 Å². The molecule has 0 unspecified atom stereocenters. The third kappa shape index (κ3) is 4.97. The Morgan fingerprint density at radius 3 is 2.62 bits per heavy atom. The minimum Gasteiger partial charge on any atom is -0.349 e. The van der Waals surface area contributed by atoms with E-state index < -0.39 is 10.0 Å². The summed E-state index contributed by atoms with van der Waals surface area (Å²) in [5.74, 6) is 0.297. The fourth-order valence-electron chi connectivity index (χ4n) is 1.80. The van der Waals surface area contributed by atoms with Crippen molar-refractivity contribution < 1.29 is 13.2 Å². The predicted molar refractivity (Wildman–Crippen MR) is 94.2 cm³/mol. The summed E-state index contributed by atoms with van der Waals surface area (Å²) in [5.41, 5.74) is 0. The first-order valence-electron chi connectivity index (χ1n) is 6.92. The lowest BCUT2D eigenvalue weighted by atomic mass is 10.4. The molecule has 0 aliphatic rings. The summed E-state index contributed by atoms with van der Waals surface area (Å²) >= 11 is 8.22. The van der Waals surface area contributed by atoms with Crippen molar-refractivity contribution in [2.45, 2.75) is 17.9 Å². The van der Waals surface area contributed by atoms with Crippen molar-refractivity contribution in [1.82, 2.24) is 24.8 Å². The maximum atomic E-state index is 12.1. The summed E-state index contributed by atoms with van der Waals surface area (Å²) in [7, 11) is -1.89. The molecule has 11 heteroatoms. The van der Waals surface area contributed by atoms with Crippen LogP contribution < -0.4 is 10.0 Å². The number of hydrogen-bond donors (Lipinski definition) is 3. The molecular weight excluding hydrogens is 418 g/mol. The second-order valence-corrected chi connectivity index (χ2v) is 7.95. The van der Waals surface area contributed by atoms with E-state index >= 15 is 0 Å². The molecule has 3 N–H and O–H groups in total. The molecule has 2 aromatic rings. The highest BCUT2D eigenvalue weighted by Crippen LogP contribution is 2.14. The van der Waals surface area contributed by atoms with Gasteiger partial charge in [0, 0.05) is 24.5 Å². The fraction of sp³-hybridized carbons (Fsp3) is 0.308. The molecule has 8 nitrogen and oxygen atoms in total. The summed E-state index contributed by atoms with van der Waals surface area (Å²) in [6.45, 7) is 0.213. The average Bonchev–Trinajstić information content (AvgIpc) is 2.85. The molecule has 0 radical (unpaired) electrons. The van der Waals surface area contributed by atoms with E-state index in [2.05, 4.69) is 36.2 Å². The molecule has 0 atom stereocenters. The van der Waals surface area contributed by atoms with Gasteiger partial charge in [-0.15, -0.1) is 0 Å². The molecular formula is C13H16BrN5O3S2. The highest BCUT2D eigenvalue weighted by atomic mass is 79.9. The van der Waals surface area contributed by atoms with Crippen molar-refractivity contribution in [3.8, 4) is 0 Å². The van der Waals surface area contributed by atoms with Gasteiger partial charge in [-0.3, -0.25) is 9.89 Å². The zero-order valence-electron chi connectivity index (χ0n) is 12.7. The van der Waals surface area contributed by atoms with Crippen molar-refractivity contribution in [1.29, 1.82) is 0 Å². The molecule has 0 fully saturated rings. The molecule has 0 aliphatic carbocycles. The lowest BCUT2D eigenvalue weighted by molar-refractivity contribution is -0.121. The van der Waals surface area contributed by atoms with E-state index in [1.807, 2.05) is 0 Å². The van der Waals surface area contributed by atoms with E-state index in [1.165, 1.54) is 12.1 Å². The van der Waals surface area contributed by atoms with Crippen LogP contribution in [0.15, 0.2) is 33.6 Å². The number of nitrogens with zero attached hydrogens (tertiary/aromatic N) is 2. The Kier molecular flexibility index (Phi) is 6.27. The minimum atomic E-state index is -3.63. The van der Waals surface area contributed by atoms with E-state index in [1.54, 1.807) is 23.7 Å². The van der Waals surface area contributed by atoms with Crippen molar-refractivity contribution in [3.63, 3.8) is 0 Å². The van der Waals surface area contributed by atoms with Gasteiger partial charge in [0.15, 0.2) is 10.6 Å². The summed E-state index contributed by atoms with van der Waals surface area (Å²) in [6, 6.07) is 6.24. The Balaban J connectivity index is 1.80. The van der Waals surface area contributed by atoms with E-state index in [-0.39, 0.29) is 30.3 Å². The SMILES string of the molecule is Cn1c(CNC(=O)CCNS(=O)(=O)c2ccc(Br)cc2)n[nH]c1=S. The second kappa shape index (κ2) is 8.01. The number of H-pyrrole nitrogens is 1. The van der Waals surface area contributed by atoms with Crippen LogP contribution in [0.3, 0.4) is 0 Å². The third-order valence-corrected chi connectivity index (χ3v) is 5.55. The van der Waals surface area contributed by atoms with Gasteiger partial charge in [-0.2, -0.15) is 5.10 Å². The Labute approximate surface area is 152 Å². The normalized spacial score (nSPS) is 11.4. The summed E-state index contributed by atoms with van der Waals surface area (Å²) in [5, 5.41) is 9.24. The zero-order chi connectivity index (χ0) is 17.7. The van der Waals surface area contributed by atoms with Crippen LogP contribution in [0.4, 0.5) is 0 Å². The largest absolute Gasteiger partial charge is 0.349 e. The molecule has 0 saturated carbocycles. The molecule has 1 aromatic carbocycles. The lowest BCUT2D eigenvalue weighted by Crippen LogP contribution is -2.31. The molecule has 130 valence electrons. The van der Waals surface area contributed by atoms with Crippen LogP contribution in [0.5, 0.6) is 0 Å². The first-order chi connectivity index (χ1) is 11.3. The molecule has 0 spiro atoms. The Morgan fingerprint density at radius 1 is 1.38 bits per heavy atom. The van der Waals surface area contributed by atoms with Crippen LogP contribution in [-0.2, 0) is 28.4 Å². The van der Waals surface area contributed by atoms with Gasteiger partial charge in [0.1, 0.15) is 0 Å². The summed E-state index contributed by atoms with van der Waals surface area (Å²) in [6.07, 6.45) is 0.0185.